The van der Waals surface area contributed by atoms with E-state index < -0.39 is 0 Å². The predicted octanol–water partition coefficient (Wildman–Crippen LogP) is 3.59. The third kappa shape index (κ3) is 0.937. The van der Waals surface area contributed by atoms with Crippen molar-refractivity contribution in [2.45, 2.75) is 0 Å². The summed E-state index contributed by atoms with van der Waals surface area (Å²) in [4.78, 5) is 0. The van der Waals surface area contributed by atoms with Crippen molar-refractivity contribution < 1.29 is 7.16 Å². The van der Waals surface area contributed by atoms with Gasteiger partial charge in [-0.2, -0.15) is 0 Å². The lowest BCUT2D eigenvalue weighted by Gasteiger charge is -1.95. The quantitative estimate of drug-likeness (QED) is 0.502. The normalized spacial score (nSPS) is 13.2. The fourth-order valence-electron chi connectivity index (χ4n) is 1.47. The second-order valence-corrected chi connectivity index (χ2v) is 2.96. The molecular formula is C12H8O. The van der Waals surface area contributed by atoms with Crippen LogP contribution in [0.4, 0.5) is 0 Å². The molecule has 3 aromatic rings. The molecule has 0 aliphatic carbocycles. The highest BCUT2D eigenvalue weighted by atomic mass is 16.3. The Kier molecular flexibility index (Phi) is 0.922. The van der Waals surface area contributed by atoms with Crippen molar-refractivity contribution in [1.82, 2.24) is 0 Å². The van der Waals surface area contributed by atoms with Gasteiger partial charge >= 0.3 is 0 Å². The van der Waals surface area contributed by atoms with Gasteiger partial charge in [0.2, 0.25) is 0 Å². The minimum atomic E-state index is 0.363. The molecule has 0 fully saturated rings. The third-order valence-electron chi connectivity index (χ3n) is 2.11. The van der Waals surface area contributed by atoms with Crippen LogP contribution in [0, 0.1) is 0 Å². The van der Waals surface area contributed by atoms with E-state index in [9.17, 15) is 0 Å². The van der Waals surface area contributed by atoms with Crippen molar-refractivity contribution in [3.63, 3.8) is 0 Å². The predicted molar refractivity (Wildman–Crippen MR) is 53.7 cm³/mol. The summed E-state index contributed by atoms with van der Waals surface area (Å²) >= 11 is 0. The first kappa shape index (κ1) is 5.07. The lowest BCUT2D eigenvalue weighted by atomic mass is 10.1. The summed E-state index contributed by atoms with van der Waals surface area (Å²) in [7, 11) is 0. The smallest absolute Gasteiger partial charge is 0.134 e. The Hall–Kier alpha value is -1.76. The van der Waals surface area contributed by atoms with Crippen LogP contribution in [0.2, 0.25) is 0 Å². The van der Waals surface area contributed by atoms with Crippen LogP contribution in [-0.4, -0.2) is 0 Å². The van der Waals surface area contributed by atoms with Crippen molar-refractivity contribution in [2.75, 3.05) is 0 Å². The molecule has 0 unspecified atom stereocenters. The second kappa shape index (κ2) is 2.36. The monoisotopic (exact) mass is 170 g/mol. The average Bonchev–Trinajstić information content (AvgIpc) is 2.75. The molecular weight excluding hydrogens is 160 g/mol. The van der Waals surface area contributed by atoms with Gasteiger partial charge < -0.3 is 4.42 Å². The van der Waals surface area contributed by atoms with Crippen LogP contribution in [0.15, 0.2) is 53.1 Å². The van der Waals surface area contributed by atoms with Crippen molar-refractivity contribution in [2.24, 2.45) is 0 Å². The molecule has 0 atom stereocenters. The Balaban J connectivity index is 2.69. The average molecular weight is 170 g/mol. The largest absolute Gasteiger partial charge is 0.464 e. The van der Waals surface area contributed by atoms with E-state index in [1.165, 1.54) is 6.26 Å². The first-order chi connectivity index (χ1) is 7.29. The van der Waals surface area contributed by atoms with Gasteiger partial charge in [-0.1, -0.05) is 24.3 Å². The summed E-state index contributed by atoms with van der Waals surface area (Å²) < 4.78 is 21.2. The van der Waals surface area contributed by atoms with E-state index in [1.54, 1.807) is 6.07 Å². The van der Waals surface area contributed by atoms with E-state index in [4.69, 9.17) is 7.16 Å². The van der Waals surface area contributed by atoms with Crippen molar-refractivity contribution in [3.8, 4) is 0 Å². The van der Waals surface area contributed by atoms with Crippen LogP contribution >= 0.6 is 0 Å². The Morgan fingerprint density at radius 2 is 1.69 bits per heavy atom. The topological polar surface area (TPSA) is 13.1 Å². The third-order valence-corrected chi connectivity index (χ3v) is 2.11. The standard InChI is InChI=1S/C12H8O/c1-2-4-10-8-12-11(5-6-13-12)7-9(10)3-1/h1-8H/i7D,8D. The Morgan fingerprint density at radius 1 is 0.923 bits per heavy atom. The zero-order chi connectivity index (χ0) is 10.4. The highest BCUT2D eigenvalue weighted by Gasteiger charge is 1.98. The lowest BCUT2D eigenvalue weighted by Crippen LogP contribution is -1.70. The van der Waals surface area contributed by atoms with Crippen LogP contribution in [-0.2, 0) is 0 Å². The summed E-state index contributed by atoms with van der Waals surface area (Å²) in [5.41, 5.74) is 0.499. The van der Waals surface area contributed by atoms with Gasteiger partial charge in [0.25, 0.3) is 0 Å². The Morgan fingerprint density at radius 3 is 2.54 bits per heavy atom. The summed E-state index contributed by atoms with van der Waals surface area (Å²) in [6, 6.07) is 9.99. The van der Waals surface area contributed by atoms with Crippen molar-refractivity contribution in [1.29, 1.82) is 0 Å². The van der Waals surface area contributed by atoms with Gasteiger partial charge in [0, 0.05) is 5.39 Å². The van der Waals surface area contributed by atoms with Gasteiger partial charge in [0.1, 0.15) is 5.58 Å². The fraction of sp³-hybridized carbons (Fsp3) is 0. The van der Waals surface area contributed by atoms with Crippen LogP contribution < -0.4 is 0 Å². The van der Waals surface area contributed by atoms with E-state index in [-0.39, 0.29) is 0 Å². The maximum absolute atomic E-state index is 8.00. The fourth-order valence-corrected chi connectivity index (χ4v) is 1.47. The first-order valence-corrected chi connectivity index (χ1v) is 4.14. The summed E-state index contributed by atoms with van der Waals surface area (Å²) in [5.74, 6) is 0. The minimum Gasteiger partial charge on any atom is -0.464 e. The summed E-state index contributed by atoms with van der Waals surface area (Å²) in [6.07, 6.45) is 1.53. The number of hydrogen-bond acceptors (Lipinski definition) is 1. The minimum absolute atomic E-state index is 0.363. The van der Waals surface area contributed by atoms with E-state index in [2.05, 4.69) is 0 Å². The molecule has 1 aromatic heterocycles. The molecule has 62 valence electrons. The number of hydrogen-bond donors (Lipinski definition) is 0. The molecule has 0 aliphatic heterocycles. The zero-order valence-corrected chi connectivity index (χ0v) is 6.87. The second-order valence-electron chi connectivity index (χ2n) is 2.96. The number of benzene rings is 2. The summed E-state index contributed by atoms with van der Waals surface area (Å²) in [5, 5.41) is 2.28. The van der Waals surface area contributed by atoms with E-state index >= 15 is 0 Å². The first-order valence-electron chi connectivity index (χ1n) is 5.14. The van der Waals surface area contributed by atoms with Gasteiger partial charge in [0.15, 0.2) is 0 Å². The molecule has 0 saturated carbocycles. The molecule has 13 heavy (non-hydrogen) atoms. The molecule has 0 saturated heterocycles. The van der Waals surface area contributed by atoms with Gasteiger partial charge in [-0.15, -0.1) is 0 Å². The Bertz CT molecular complexity index is 600. The van der Waals surface area contributed by atoms with Crippen LogP contribution in [0.5, 0.6) is 0 Å². The van der Waals surface area contributed by atoms with Gasteiger partial charge in [-0.25, -0.2) is 0 Å². The van der Waals surface area contributed by atoms with E-state index in [1.807, 2.05) is 24.3 Å². The molecule has 1 heteroatoms. The molecule has 1 nitrogen and oxygen atoms in total. The SMILES string of the molecule is [2H]c1c2ccccc2c([2H])c2occc12. The number of fused-ring (bicyclic) bond motifs is 2. The molecule has 3 rings (SSSR count). The van der Waals surface area contributed by atoms with Gasteiger partial charge in [-0.05, 0) is 28.9 Å². The molecule has 0 amide bonds. The van der Waals surface area contributed by atoms with Crippen LogP contribution in [0.1, 0.15) is 2.74 Å². The van der Waals surface area contributed by atoms with Crippen LogP contribution in [0.25, 0.3) is 21.7 Å². The molecule has 2 aromatic carbocycles. The number of rotatable bonds is 0. The van der Waals surface area contributed by atoms with Crippen LogP contribution in [0.3, 0.4) is 0 Å². The lowest BCUT2D eigenvalue weighted by molar-refractivity contribution is 0.616. The molecule has 1 heterocycles. The zero-order valence-electron chi connectivity index (χ0n) is 8.87. The molecule has 0 spiro atoms. The molecule has 0 aliphatic rings. The molecule has 0 N–H and O–H groups in total. The maximum Gasteiger partial charge on any atom is 0.134 e. The maximum atomic E-state index is 8.00. The number of furan rings is 1. The van der Waals surface area contributed by atoms with Gasteiger partial charge in [-0.3, -0.25) is 0 Å². The highest BCUT2D eigenvalue weighted by Crippen LogP contribution is 2.22. The molecule has 0 bridgehead atoms. The highest BCUT2D eigenvalue weighted by molar-refractivity contribution is 5.95. The van der Waals surface area contributed by atoms with Crippen molar-refractivity contribution in [3.05, 3.63) is 48.7 Å². The van der Waals surface area contributed by atoms with Crippen molar-refractivity contribution >= 4 is 21.7 Å². The van der Waals surface area contributed by atoms with E-state index in [0.717, 1.165) is 10.8 Å². The van der Waals surface area contributed by atoms with Gasteiger partial charge in [0.05, 0.1) is 9.00 Å². The molecule has 0 radical (unpaired) electrons. The van der Waals surface area contributed by atoms with E-state index in [0.29, 0.717) is 23.1 Å². The Labute approximate surface area is 78.4 Å². The summed E-state index contributed by atoms with van der Waals surface area (Å²) in [6.45, 7) is 0.